The normalized spacial score (nSPS) is 11.2. The van der Waals surface area contributed by atoms with Crippen molar-refractivity contribution in [1.82, 2.24) is 0 Å². The van der Waals surface area contributed by atoms with Crippen LogP contribution in [0.25, 0.3) is 0 Å². The van der Waals surface area contributed by atoms with E-state index in [0.717, 1.165) is 0 Å². The molecule has 0 heterocycles. The van der Waals surface area contributed by atoms with Gasteiger partial charge in [0.1, 0.15) is 11.5 Å². The molecule has 0 amide bonds. The van der Waals surface area contributed by atoms with Crippen LogP contribution in [0.1, 0.15) is 13.8 Å². The minimum Gasteiger partial charge on any atom is -0.461 e. The maximum absolute atomic E-state index is 12.9. The molecule has 1 rings (SSSR count). The van der Waals surface area contributed by atoms with E-state index in [-0.39, 0.29) is 17.3 Å². The summed E-state index contributed by atoms with van der Waals surface area (Å²) in [7, 11) is 0. The zero-order chi connectivity index (χ0) is 12.8. The Balaban J connectivity index is 2.69. The second-order valence-electron chi connectivity index (χ2n) is 3.16. The van der Waals surface area contributed by atoms with Crippen molar-refractivity contribution in [3.8, 4) is 0 Å². The number of anilines is 1. The summed E-state index contributed by atoms with van der Waals surface area (Å²) in [6, 6.07) is 4.04. The van der Waals surface area contributed by atoms with Crippen LogP contribution >= 0.6 is 11.6 Å². The first kappa shape index (κ1) is 13.4. The lowest BCUT2D eigenvalue weighted by atomic mass is 10.3. The Kier molecular flexibility index (Phi) is 4.90. The van der Waals surface area contributed by atoms with Gasteiger partial charge in [0, 0.05) is 0 Å². The van der Waals surface area contributed by atoms with Crippen molar-refractivity contribution in [1.29, 1.82) is 0 Å². The standard InChI is InChI=1S/C11H12ClFN2O2/c1-3-17-11(16)7(2)14-15-8-4-5-10(13)9(12)6-8/h4-6,15H,3H2,1-2H3. The smallest absolute Gasteiger partial charge is 0.354 e. The molecule has 1 aromatic carbocycles. The first-order valence-electron chi connectivity index (χ1n) is 4.97. The zero-order valence-corrected chi connectivity index (χ0v) is 10.2. The number of nitrogens with one attached hydrogen (secondary N) is 1. The summed E-state index contributed by atoms with van der Waals surface area (Å²) in [4.78, 5) is 11.2. The van der Waals surface area contributed by atoms with Crippen molar-refractivity contribution in [3.05, 3.63) is 29.0 Å². The summed E-state index contributed by atoms with van der Waals surface area (Å²) >= 11 is 5.59. The second kappa shape index (κ2) is 6.20. The van der Waals surface area contributed by atoms with Gasteiger partial charge in [-0.3, -0.25) is 5.43 Å². The summed E-state index contributed by atoms with van der Waals surface area (Å²) in [6.45, 7) is 3.50. The minimum atomic E-state index is -0.511. The highest BCUT2D eigenvalue weighted by Gasteiger charge is 2.06. The molecule has 0 aromatic heterocycles. The molecule has 4 nitrogen and oxygen atoms in total. The van der Waals surface area contributed by atoms with Gasteiger partial charge in [0.15, 0.2) is 0 Å². The highest BCUT2D eigenvalue weighted by atomic mass is 35.5. The average Bonchev–Trinajstić information content (AvgIpc) is 2.30. The molecule has 1 aromatic rings. The van der Waals surface area contributed by atoms with Gasteiger partial charge in [-0.1, -0.05) is 11.6 Å². The molecule has 92 valence electrons. The number of ether oxygens (including phenoxy) is 1. The van der Waals surface area contributed by atoms with Gasteiger partial charge in [-0.05, 0) is 32.0 Å². The molecule has 0 bridgehead atoms. The van der Waals surface area contributed by atoms with Gasteiger partial charge in [-0.25, -0.2) is 9.18 Å². The molecule has 0 aliphatic carbocycles. The highest BCUT2D eigenvalue weighted by Crippen LogP contribution is 2.19. The molecule has 0 aliphatic heterocycles. The van der Waals surface area contributed by atoms with Gasteiger partial charge in [0.25, 0.3) is 0 Å². The Morgan fingerprint density at radius 2 is 2.29 bits per heavy atom. The van der Waals surface area contributed by atoms with Crippen LogP contribution in [0.3, 0.4) is 0 Å². The molecule has 17 heavy (non-hydrogen) atoms. The largest absolute Gasteiger partial charge is 0.461 e. The van der Waals surface area contributed by atoms with Crippen LogP contribution in [0.4, 0.5) is 10.1 Å². The van der Waals surface area contributed by atoms with Crippen molar-refractivity contribution in [2.24, 2.45) is 5.10 Å². The first-order valence-corrected chi connectivity index (χ1v) is 5.35. The van der Waals surface area contributed by atoms with Crippen molar-refractivity contribution in [2.75, 3.05) is 12.0 Å². The molecular formula is C11H12ClFN2O2. The van der Waals surface area contributed by atoms with Gasteiger partial charge < -0.3 is 4.74 Å². The van der Waals surface area contributed by atoms with E-state index in [1.807, 2.05) is 0 Å². The van der Waals surface area contributed by atoms with E-state index >= 15 is 0 Å². The lowest BCUT2D eigenvalue weighted by Gasteiger charge is -2.04. The van der Waals surface area contributed by atoms with Crippen molar-refractivity contribution in [3.63, 3.8) is 0 Å². The van der Waals surface area contributed by atoms with Crippen LogP contribution in [-0.2, 0) is 9.53 Å². The summed E-state index contributed by atoms with van der Waals surface area (Å²) in [5.74, 6) is -1.02. The maximum atomic E-state index is 12.9. The molecule has 0 spiro atoms. The number of halogens is 2. The monoisotopic (exact) mass is 258 g/mol. The van der Waals surface area contributed by atoms with E-state index in [2.05, 4.69) is 10.5 Å². The number of carbonyl (C=O) groups is 1. The van der Waals surface area contributed by atoms with Crippen LogP contribution < -0.4 is 5.43 Å². The molecule has 0 saturated heterocycles. The quantitative estimate of drug-likeness (QED) is 0.513. The van der Waals surface area contributed by atoms with Crippen LogP contribution in [0.2, 0.25) is 5.02 Å². The van der Waals surface area contributed by atoms with Gasteiger partial charge in [0.2, 0.25) is 0 Å². The first-order chi connectivity index (χ1) is 8.04. The Hall–Kier alpha value is -1.62. The van der Waals surface area contributed by atoms with Gasteiger partial charge in [-0.15, -0.1) is 0 Å². The van der Waals surface area contributed by atoms with Crippen molar-refractivity contribution in [2.45, 2.75) is 13.8 Å². The fourth-order valence-electron chi connectivity index (χ4n) is 0.995. The third-order valence-corrected chi connectivity index (χ3v) is 2.13. The predicted octanol–water partition coefficient (Wildman–Crippen LogP) is 2.83. The summed E-state index contributed by atoms with van der Waals surface area (Å²) in [5.41, 5.74) is 3.25. The predicted molar refractivity (Wildman–Crippen MR) is 64.8 cm³/mol. The summed E-state index contributed by atoms with van der Waals surface area (Å²) < 4.78 is 17.6. The summed E-state index contributed by atoms with van der Waals surface area (Å²) in [6.07, 6.45) is 0. The second-order valence-corrected chi connectivity index (χ2v) is 3.57. The third kappa shape index (κ3) is 4.03. The number of carbonyl (C=O) groups excluding carboxylic acids is 1. The number of nitrogens with zero attached hydrogens (tertiary/aromatic N) is 1. The lowest BCUT2D eigenvalue weighted by molar-refractivity contribution is -0.135. The van der Waals surface area contributed by atoms with Crippen LogP contribution in [0.15, 0.2) is 23.3 Å². The Morgan fingerprint density at radius 1 is 1.59 bits per heavy atom. The average molecular weight is 259 g/mol. The lowest BCUT2D eigenvalue weighted by Crippen LogP contribution is -2.15. The molecule has 6 heteroatoms. The Labute approximate surface area is 103 Å². The fraction of sp³-hybridized carbons (Fsp3) is 0.273. The van der Waals surface area contributed by atoms with Crippen LogP contribution in [0, 0.1) is 5.82 Å². The van der Waals surface area contributed by atoms with E-state index in [9.17, 15) is 9.18 Å². The molecule has 1 N–H and O–H groups in total. The number of hydrogen-bond acceptors (Lipinski definition) is 4. The number of benzene rings is 1. The minimum absolute atomic E-state index is 0.0148. The molecule has 0 fully saturated rings. The SMILES string of the molecule is CCOC(=O)C(C)=NNc1ccc(F)c(Cl)c1. The third-order valence-electron chi connectivity index (χ3n) is 1.84. The van der Waals surface area contributed by atoms with Gasteiger partial charge in [0.05, 0.1) is 17.3 Å². The number of esters is 1. The van der Waals surface area contributed by atoms with E-state index in [1.54, 1.807) is 6.92 Å². The van der Waals surface area contributed by atoms with Gasteiger partial charge in [-0.2, -0.15) is 5.10 Å². The highest BCUT2D eigenvalue weighted by molar-refractivity contribution is 6.35. The number of rotatable bonds is 4. The number of hydrogen-bond donors (Lipinski definition) is 1. The molecule has 0 atom stereocenters. The van der Waals surface area contributed by atoms with Crippen LogP contribution in [0.5, 0.6) is 0 Å². The summed E-state index contributed by atoms with van der Waals surface area (Å²) in [5, 5.41) is 3.78. The van der Waals surface area contributed by atoms with E-state index in [1.165, 1.54) is 25.1 Å². The van der Waals surface area contributed by atoms with Crippen molar-refractivity contribution >= 4 is 29.0 Å². The number of hydrazone groups is 1. The van der Waals surface area contributed by atoms with Gasteiger partial charge >= 0.3 is 5.97 Å². The molecule has 0 aliphatic rings. The van der Waals surface area contributed by atoms with E-state index < -0.39 is 11.8 Å². The zero-order valence-electron chi connectivity index (χ0n) is 9.46. The molecular weight excluding hydrogens is 247 g/mol. The molecule has 0 radical (unpaired) electrons. The Bertz CT molecular complexity index is 449. The van der Waals surface area contributed by atoms with Crippen LogP contribution in [-0.4, -0.2) is 18.3 Å². The fourth-order valence-corrected chi connectivity index (χ4v) is 1.18. The molecule has 0 unspecified atom stereocenters. The maximum Gasteiger partial charge on any atom is 0.354 e. The topological polar surface area (TPSA) is 50.7 Å². The van der Waals surface area contributed by atoms with Crippen molar-refractivity contribution < 1.29 is 13.9 Å². The van der Waals surface area contributed by atoms with E-state index in [4.69, 9.17) is 16.3 Å². The van der Waals surface area contributed by atoms with E-state index in [0.29, 0.717) is 5.69 Å². The molecule has 0 saturated carbocycles. The Morgan fingerprint density at radius 3 is 2.88 bits per heavy atom.